The van der Waals surface area contributed by atoms with E-state index in [9.17, 15) is 14.4 Å². The Morgan fingerprint density at radius 3 is 2.73 bits per heavy atom. The molecule has 0 unspecified atom stereocenters. The lowest BCUT2D eigenvalue weighted by atomic mass is 9.93. The molecule has 0 saturated carbocycles. The Kier molecular flexibility index (Phi) is 7.38. The largest absolute Gasteiger partial charge is 0.380 e. The molecule has 1 aliphatic heterocycles. The zero-order chi connectivity index (χ0) is 28.5. The Bertz CT molecular complexity index is 1820. The molecule has 0 radical (unpaired) electrons. The highest BCUT2D eigenvalue weighted by Crippen LogP contribution is 2.33. The number of likely N-dealkylation sites (N-methyl/N-ethyl adjacent to an activating group) is 1. The lowest BCUT2D eigenvalue weighted by molar-refractivity contribution is 0.103. The molecule has 3 heterocycles. The van der Waals surface area contributed by atoms with Gasteiger partial charge in [-0.05, 0) is 79.3 Å². The predicted molar refractivity (Wildman–Crippen MR) is 167 cm³/mol. The molecule has 41 heavy (non-hydrogen) atoms. The normalized spacial score (nSPS) is 14.3. The van der Waals surface area contributed by atoms with Crippen molar-refractivity contribution in [2.75, 3.05) is 48.8 Å². The van der Waals surface area contributed by atoms with Crippen LogP contribution in [0.25, 0.3) is 22.0 Å². The molecular formula is C32H31N5O3S. The van der Waals surface area contributed by atoms with E-state index >= 15 is 0 Å². The van der Waals surface area contributed by atoms with E-state index in [0.29, 0.717) is 40.5 Å². The Hall–Kier alpha value is -4.34. The van der Waals surface area contributed by atoms with Crippen molar-refractivity contribution < 1.29 is 4.79 Å². The van der Waals surface area contributed by atoms with E-state index in [0.717, 1.165) is 53.8 Å². The van der Waals surface area contributed by atoms with Gasteiger partial charge in [0.2, 0.25) is 10.9 Å². The van der Waals surface area contributed by atoms with E-state index in [4.69, 9.17) is 0 Å². The molecule has 9 heteroatoms. The molecule has 1 fully saturated rings. The SMILES string of the molecule is Cc1ccc(NC(=O)c2sccc2NCc2ccnc3ccccc23)cc1-c1c(N2CCCN(C)CC2)c(=O)c1=O. The van der Waals surface area contributed by atoms with Crippen molar-refractivity contribution in [1.82, 2.24) is 9.88 Å². The quantitative estimate of drug-likeness (QED) is 0.272. The Labute approximate surface area is 242 Å². The summed E-state index contributed by atoms with van der Waals surface area (Å²) in [5.74, 6) is -0.238. The fourth-order valence-corrected chi connectivity index (χ4v) is 6.25. The maximum Gasteiger partial charge on any atom is 0.267 e. The average Bonchev–Trinajstić information content (AvgIpc) is 3.36. The number of para-hydroxylation sites is 1. The molecule has 2 aromatic heterocycles. The molecule has 1 saturated heterocycles. The van der Waals surface area contributed by atoms with Crippen LogP contribution in [0.2, 0.25) is 0 Å². The number of benzene rings is 2. The van der Waals surface area contributed by atoms with Gasteiger partial charge in [-0.1, -0.05) is 24.3 Å². The number of hydrogen-bond acceptors (Lipinski definition) is 8. The van der Waals surface area contributed by atoms with Crippen molar-refractivity contribution in [2.45, 2.75) is 19.9 Å². The maximum absolute atomic E-state index is 13.4. The van der Waals surface area contributed by atoms with E-state index < -0.39 is 10.9 Å². The van der Waals surface area contributed by atoms with Gasteiger partial charge in [-0.15, -0.1) is 11.3 Å². The summed E-state index contributed by atoms with van der Waals surface area (Å²) in [4.78, 5) is 48.1. The molecule has 208 valence electrons. The first kappa shape index (κ1) is 26.9. The third kappa shape index (κ3) is 5.26. The van der Waals surface area contributed by atoms with E-state index in [-0.39, 0.29) is 5.91 Å². The fourth-order valence-electron chi connectivity index (χ4n) is 5.48. The molecule has 3 aromatic carbocycles. The number of anilines is 3. The van der Waals surface area contributed by atoms with Crippen LogP contribution in [0.3, 0.4) is 0 Å². The Morgan fingerprint density at radius 1 is 1.00 bits per heavy atom. The van der Waals surface area contributed by atoms with Crippen LogP contribution in [0.4, 0.5) is 17.1 Å². The standard InChI is InChI=1S/C32H31N5O3S/c1-20-8-9-22(18-24(20)27-28(30(39)29(27)38)37-14-5-13-36(2)15-16-37)35-32(40)31-26(11-17-41-31)34-19-21-10-12-33-25-7-4-3-6-23(21)25/h3-4,6-12,17-18,34H,5,13-16,19H2,1-2H3,(H,35,40). The zero-order valence-corrected chi connectivity index (χ0v) is 23.9. The van der Waals surface area contributed by atoms with Crippen molar-refractivity contribution in [1.29, 1.82) is 0 Å². The van der Waals surface area contributed by atoms with Gasteiger partial charge < -0.3 is 20.4 Å². The van der Waals surface area contributed by atoms with Crippen LogP contribution in [0.15, 0.2) is 75.8 Å². The van der Waals surface area contributed by atoms with Crippen molar-refractivity contribution >= 4 is 45.2 Å². The van der Waals surface area contributed by atoms with Crippen molar-refractivity contribution in [3.8, 4) is 11.1 Å². The number of rotatable bonds is 7. The lowest BCUT2D eigenvalue weighted by Gasteiger charge is -2.26. The summed E-state index contributed by atoms with van der Waals surface area (Å²) < 4.78 is 0. The topological polar surface area (TPSA) is 94.6 Å². The third-order valence-electron chi connectivity index (χ3n) is 7.77. The highest BCUT2D eigenvalue weighted by molar-refractivity contribution is 7.12. The summed E-state index contributed by atoms with van der Waals surface area (Å²) in [6.45, 7) is 5.70. The van der Waals surface area contributed by atoms with Crippen LogP contribution >= 0.6 is 11.3 Å². The van der Waals surface area contributed by atoms with Crippen LogP contribution in [-0.4, -0.2) is 49.0 Å². The highest BCUT2D eigenvalue weighted by atomic mass is 32.1. The molecule has 0 bridgehead atoms. The summed E-state index contributed by atoms with van der Waals surface area (Å²) in [5, 5.41) is 9.37. The summed E-state index contributed by atoms with van der Waals surface area (Å²) >= 11 is 1.36. The number of fused-ring (bicyclic) bond motifs is 1. The second kappa shape index (κ2) is 11.3. The molecule has 0 atom stereocenters. The monoisotopic (exact) mass is 565 g/mol. The van der Waals surface area contributed by atoms with Gasteiger partial charge in [0.05, 0.1) is 16.8 Å². The number of thiophene rings is 1. The molecular weight excluding hydrogens is 534 g/mol. The first-order valence-corrected chi connectivity index (χ1v) is 14.6. The van der Waals surface area contributed by atoms with Crippen LogP contribution in [0, 0.1) is 6.92 Å². The van der Waals surface area contributed by atoms with Crippen LogP contribution in [0.1, 0.15) is 27.2 Å². The molecule has 0 spiro atoms. The number of hydrogen-bond donors (Lipinski definition) is 2. The maximum atomic E-state index is 13.4. The first-order valence-electron chi connectivity index (χ1n) is 13.7. The van der Waals surface area contributed by atoms with E-state index in [1.807, 2.05) is 65.7 Å². The third-order valence-corrected chi connectivity index (χ3v) is 8.68. The van der Waals surface area contributed by atoms with E-state index in [2.05, 4.69) is 27.6 Å². The molecule has 0 aliphatic carbocycles. The zero-order valence-electron chi connectivity index (χ0n) is 23.1. The van der Waals surface area contributed by atoms with Crippen molar-refractivity contribution in [3.05, 3.63) is 103 Å². The molecule has 1 aliphatic rings. The predicted octanol–water partition coefficient (Wildman–Crippen LogP) is 4.87. The summed E-state index contributed by atoms with van der Waals surface area (Å²) in [6, 6.07) is 17.4. The van der Waals surface area contributed by atoms with Gasteiger partial charge in [0.25, 0.3) is 5.91 Å². The highest BCUT2D eigenvalue weighted by Gasteiger charge is 2.29. The summed E-state index contributed by atoms with van der Waals surface area (Å²) in [6.07, 6.45) is 2.72. The number of carbonyl (C=O) groups is 1. The van der Waals surface area contributed by atoms with Crippen molar-refractivity contribution in [2.24, 2.45) is 0 Å². The number of pyridine rings is 1. The number of nitrogens with one attached hydrogen (secondary N) is 2. The second-order valence-electron chi connectivity index (χ2n) is 10.5. The first-order chi connectivity index (χ1) is 19.9. The number of aromatic nitrogens is 1. The van der Waals surface area contributed by atoms with Gasteiger partial charge in [0.15, 0.2) is 0 Å². The van der Waals surface area contributed by atoms with Gasteiger partial charge in [0, 0.05) is 43.4 Å². The van der Waals surface area contributed by atoms with Crippen LogP contribution in [-0.2, 0) is 6.54 Å². The smallest absolute Gasteiger partial charge is 0.267 e. The lowest BCUT2D eigenvalue weighted by Crippen LogP contribution is -2.43. The van der Waals surface area contributed by atoms with Gasteiger partial charge >= 0.3 is 0 Å². The van der Waals surface area contributed by atoms with Gasteiger partial charge in [-0.25, -0.2) is 0 Å². The fraction of sp³-hybridized carbons (Fsp3) is 0.250. The number of aryl methyl sites for hydroxylation is 1. The van der Waals surface area contributed by atoms with Crippen LogP contribution < -0.4 is 26.4 Å². The minimum Gasteiger partial charge on any atom is -0.380 e. The molecule has 1 amide bonds. The van der Waals surface area contributed by atoms with Gasteiger partial charge in [-0.2, -0.15) is 0 Å². The summed E-state index contributed by atoms with van der Waals surface area (Å²) in [7, 11) is 2.07. The number of amides is 1. The Balaban J connectivity index is 1.21. The van der Waals surface area contributed by atoms with Crippen molar-refractivity contribution in [3.63, 3.8) is 0 Å². The van der Waals surface area contributed by atoms with E-state index in [1.54, 1.807) is 12.3 Å². The average molecular weight is 566 g/mol. The molecule has 6 rings (SSSR count). The molecule has 8 nitrogen and oxygen atoms in total. The number of carbonyl (C=O) groups excluding carboxylic acids is 1. The molecule has 5 aromatic rings. The second-order valence-corrected chi connectivity index (χ2v) is 11.4. The summed E-state index contributed by atoms with van der Waals surface area (Å²) in [5.41, 5.74) is 4.99. The van der Waals surface area contributed by atoms with E-state index in [1.165, 1.54) is 11.3 Å². The molecule has 2 N–H and O–H groups in total. The van der Waals surface area contributed by atoms with Gasteiger partial charge in [0.1, 0.15) is 10.6 Å². The minimum atomic E-state index is -0.461. The number of nitrogens with zero attached hydrogens (tertiary/aromatic N) is 3. The Morgan fingerprint density at radius 2 is 1.85 bits per heavy atom. The van der Waals surface area contributed by atoms with Crippen LogP contribution in [0.5, 0.6) is 0 Å². The van der Waals surface area contributed by atoms with Gasteiger partial charge in [-0.3, -0.25) is 19.4 Å². The minimum absolute atomic E-state index is 0.238.